The molecule has 2 N–H and O–H groups in total. The van der Waals surface area contributed by atoms with Crippen LogP contribution in [0.3, 0.4) is 0 Å². The number of benzene rings is 2. The van der Waals surface area contributed by atoms with Gasteiger partial charge < -0.3 is 0 Å². The second kappa shape index (κ2) is 6.51. The molecule has 0 aliphatic carbocycles. The van der Waals surface area contributed by atoms with Gasteiger partial charge in [-0.3, -0.25) is 0 Å². The van der Waals surface area contributed by atoms with Gasteiger partial charge in [-0.1, -0.05) is 0 Å². The Bertz CT molecular complexity index is 1350. The van der Waals surface area contributed by atoms with Crippen LogP contribution in [-0.2, 0) is 15.6 Å². The van der Waals surface area contributed by atoms with Crippen LogP contribution in [0.15, 0.2) is 46.2 Å². The van der Waals surface area contributed by atoms with Crippen molar-refractivity contribution in [3.63, 3.8) is 0 Å². The molecule has 4 rings (SSSR count). The molecule has 2 heterocycles. The van der Waals surface area contributed by atoms with Crippen molar-refractivity contribution in [2.24, 2.45) is 10.7 Å². The maximum absolute atomic E-state index is 14.7. The Balaban J connectivity index is 1.91. The summed E-state index contributed by atoms with van der Waals surface area (Å²) < 4.78 is 56.1. The van der Waals surface area contributed by atoms with Crippen LogP contribution in [0.25, 0.3) is 15.3 Å². The van der Waals surface area contributed by atoms with Gasteiger partial charge in [-0.15, -0.1) is 0 Å². The van der Waals surface area contributed by atoms with E-state index in [2.05, 4.69) is 4.99 Å². The Morgan fingerprint density at radius 2 is 1.93 bits per heavy atom. The second-order valence-corrected chi connectivity index (χ2v) is 11.0. The van der Waals surface area contributed by atoms with Gasteiger partial charge in [0.15, 0.2) is 0 Å². The Kier molecular flexibility index (Phi) is 4.45. The summed E-state index contributed by atoms with van der Waals surface area (Å²) >= 11 is -0.461. The summed E-state index contributed by atoms with van der Waals surface area (Å²) in [5, 5.41) is 0.270. The number of fused-ring (bicyclic) bond motifs is 1. The van der Waals surface area contributed by atoms with Crippen molar-refractivity contribution in [3.05, 3.63) is 63.9 Å². The summed E-state index contributed by atoms with van der Waals surface area (Å²) in [6.07, 6.45) is 0. The molecule has 0 unspecified atom stereocenters. The van der Waals surface area contributed by atoms with E-state index in [1.54, 1.807) is 6.07 Å². The molecule has 0 radical (unpaired) electrons. The van der Waals surface area contributed by atoms with Gasteiger partial charge in [0, 0.05) is 0 Å². The number of guanidine groups is 1. The third-order valence-corrected chi connectivity index (χ3v) is 9.16. The van der Waals surface area contributed by atoms with Crippen LogP contribution in [0.1, 0.15) is 12.5 Å². The van der Waals surface area contributed by atoms with Gasteiger partial charge in [0.2, 0.25) is 0 Å². The van der Waals surface area contributed by atoms with Crippen LogP contribution in [0.5, 0.6) is 0 Å². The molecule has 0 amide bonds. The number of nitrogens with two attached hydrogens (primary N) is 1. The first-order valence-electron chi connectivity index (χ1n) is 8.46. The van der Waals surface area contributed by atoms with Crippen LogP contribution >= 0.6 is 0 Å². The van der Waals surface area contributed by atoms with E-state index >= 15 is 0 Å². The number of halogens is 2. The molecule has 0 fully saturated rings. The Hall–Kier alpha value is -2.49. The summed E-state index contributed by atoms with van der Waals surface area (Å²) in [6, 6.07) is 8.03. The number of sulfonamides is 1. The van der Waals surface area contributed by atoms with E-state index in [0.717, 1.165) is 4.31 Å². The molecular weight excluding hydrogens is 469 g/mol. The molecule has 0 saturated heterocycles. The zero-order chi connectivity index (χ0) is 21.1. The van der Waals surface area contributed by atoms with Gasteiger partial charge >= 0.3 is 171 Å². The molecule has 29 heavy (non-hydrogen) atoms. The number of hydrogen-bond acceptors (Lipinski definition) is 5. The molecule has 7 nitrogen and oxygen atoms in total. The van der Waals surface area contributed by atoms with Gasteiger partial charge in [0.25, 0.3) is 0 Å². The monoisotopic (exact) mass is 486 g/mol. The van der Waals surface area contributed by atoms with E-state index in [-0.39, 0.29) is 22.5 Å². The second-order valence-electron chi connectivity index (χ2n) is 6.96. The normalized spacial score (nSPS) is 21.4. The quantitative estimate of drug-likeness (QED) is 0.551. The Morgan fingerprint density at radius 3 is 2.62 bits per heavy atom. The molecule has 0 saturated carbocycles. The standard InChI is InChI=1S/C18H16F2N4O3SSe/c1-18(9-28(26,27)23(2)17(21)22-18)13-8-11(4-5-14(13)20)24-16(25)12-7-10(19)3-6-15(12)29-24/h3-8H,9H2,1-2H3,(H2,21,22)/t18-/m0/s1. The maximum atomic E-state index is 14.7. The van der Waals surface area contributed by atoms with Gasteiger partial charge in [0.1, 0.15) is 0 Å². The Labute approximate surface area is 171 Å². The predicted molar refractivity (Wildman–Crippen MR) is 107 cm³/mol. The van der Waals surface area contributed by atoms with E-state index in [4.69, 9.17) is 5.73 Å². The zero-order valence-corrected chi connectivity index (χ0v) is 17.9. The van der Waals surface area contributed by atoms with Gasteiger partial charge in [0.05, 0.1) is 0 Å². The number of nitrogens with zero attached hydrogens (tertiary/aromatic N) is 3. The first kappa shape index (κ1) is 19.8. The van der Waals surface area contributed by atoms with Crippen LogP contribution in [-0.4, -0.2) is 49.8 Å². The fraction of sp³-hybridized carbons (Fsp3) is 0.222. The SMILES string of the molecule is CN1C(N)=N[C@](C)(c2cc(-n3[se]c4ccc(F)cc4c3=O)ccc2F)CS1(=O)=O. The summed E-state index contributed by atoms with van der Waals surface area (Å²) in [4.78, 5) is 16.9. The minimum absolute atomic E-state index is 0.0142. The molecule has 1 aromatic heterocycles. The third kappa shape index (κ3) is 3.19. The first-order chi connectivity index (χ1) is 13.5. The van der Waals surface area contributed by atoms with Gasteiger partial charge in [-0.2, -0.15) is 0 Å². The van der Waals surface area contributed by atoms with Crippen molar-refractivity contribution in [1.82, 2.24) is 7.87 Å². The molecule has 2 aromatic carbocycles. The fourth-order valence-corrected chi connectivity index (χ4v) is 6.79. The van der Waals surface area contributed by atoms with E-state index in [9.17, 15) is 22.0 Å². The van der Waals surface area contributed by atoms with E-state index in [0.29, 0.717) is 9.95 Å². The number of hydrogen-bond donors (Lipinski definition) is 1. The number of aliphatic imine (C=N–C) groups is 1. The van der Waals surface area contributed by atoms with Crippen molar-refractivity contribution in [3.8, 4) is 5.69 Å². The number of rotatable bonds is 2. The molecule has 1 aliphatic rings. The van der Waals surface area contributed by atoms with E-state index in [1.807, 2.05) is 0 Å². The summed E-state index contributed by atoms with van der Waals surface area (Å²) in [6.45, 7) is 1.48. The van der Waals surface area contributed by atoms with Crippen molar-refractivity contribution in [2.75, 3.05) is 12.8 Å². The molecular formula is C18H16F2N4O3SSe. The molecule has 0 bridgehead atoms. The van der Waals surface area contributed by atoms with Gasteiger partial charge in [-0.25, -0.2) is 0 Å². The molecule has 11 heteroatoms. The van der Waals surface area contributed by atoms with Crippen molar-refractivity contribution in [2.45, 2.75) is 12.5 Å². The van der Waals surface area contributed by atoms with Gasteiger partial charge in [-0.05, 0) is 0 Å². The minimum atomic E-state index is -3.78. The average molecular weight is 485 g/mol. The zero-order valence-electron chi connectivity index (χ0n) is 15.4. The molecule has 0 spiro atoms. The van der Waals surface area contributed by atoms with Crippen LogP contribution in [0.4, 0.5) is 8.78 Å². The third-order valence-electron chi connectivity index (χ3n) is 4.88. The topological polar surface area (TPSA) is 97.8 Å². The fourth-order valence-electron chi connectivity index (χ4n) is 3.31. The van der Waals surface area contributed by atoms with E-state index < -0.39 is 47.7 Å². The van der Waals surface area contributed by atoms with Crippen molar-refractivity contribution >= 4 is 40.4 Å². The Morgan fingerprint density at radius 1 is 1.21 bits per heavy atom. The van der Waals surface area contributed by atoms with E-state index in [1.165, 1.54) is 47.9 Å². The van der Waals surface area contributed by atoms with Crippen molar-refractivity contribution < 1.29 is 17.2 Å². The average Bonchev–Trinajstić information content (AvgIpc) is 2.96. The molecule has 3 aromatic rings. The summed E-state index contributed by atoms with van der Waals surface area (Å²) in [5.41, 5.74) is 4.30. The number of aromatic nitrogens is 1. The summed E-state index contributed by atoms with van der Waals surface area (Å²) in [5.74, 6) is -1.88. The molecule has 152 valence electrons. The summed E-state index contributed by atoms with van der Waals surface area (Å²) in [7, 11) is -2.50. The van der Waals surface area contributed by atoms with Crippen LogP contribution < -0.4 is 11.3 Å². The first-order valence-corrected chi connectivity index (χ1v) is 11.7. The predicted octanol–water partition coefficient (Wildman–Crippen LogP) is 1.13. The van der Waals surface area contributed by atoms with Crippen molar-refractivity contribution in [1.29, 1.82) is 0 Å². The molecule has 1 aliphatic heterocycles. The molecule has 1 atom stereocenters. The van der Waals surface area contributed by atoms with Crippen LogP contribution in [0.2, 0.25) is 0 Å². The van der Waals surface area contributed by atoms with Crippen LogP contribution in [0, 0.1) is 11.6 Å².